The molecule has 2 heterocycles. The predicted molar refractivity (Wildman–Crippen MR) is 85.5 cm³/mol. The van der Waals surface area contributed by atoms with Gasteiger partial charge >= 0.3 is 0 Å². The molecular formula is C16H24N2O2S. The molecule has 1 aromatic carbocycles. The molecule has 0 spiro atoms. The van der Waals surface area contributed by atoms with Gasteiger partial charge in [0.15, 0.2) is 9.84 Å². The number of nitrogens with zero attached hydrogens (tertiary/aromatic N) is 1. The van der Waals surface area contributed by atoms with Gasteiger partial charge in [0.2, 0.25) is 0 Å². The molecule has 1 N–H and O–H groups in total. The van der Waals surface area contributed by atoms with Crippen molar-refractivity contribution in [3.8, 4) is 0 Å². The van der Waals surface area contributed by atoms with Crippen LogP contribution in [0.3, 0.4) is 0 Å². The minimum absolute atomic E-state index is 0.226. The van der Waals surface area contributed by atoms with E-state index in [9.17, 15) is 8.42 Å². The third-order valence-electron chi connectivity index (χ3n) is 4.66. The van der Waals surface area contributed by atoms with Gasteiger partial charge in [-0.05, 0) is 37.3 Å². The molecule has 0 saturated carbocycles. The van der Waals surface area contributed by atoms with E-state index in [0.29, 0.717) is 23.3 Å². The van der Waals surface area contributed by atoms with Crippen LogP contribution in [0.2, 0.25) is 0 Å². The summed E-state index contributed by atoms with van der Waals surface area (Å²) < 4.78 is 25.1. The van der Waals surface area contributed by atoms with Crippen molar-refractivity contribution in [2.24, 2.45) is 5.92 Å². The third-order valence-corrected chi connectivity index (χ3v) is 6.62. The lowest BCUT2D eigenvalue weighted by Gasteiger charge is -2.39. The Balaban J connectivity index is 1.99. The fourth-order valence-electron chi connectivity index (χ4n) is 3.70. The van der Waals surface area contributed by atoms with E-state index >= 15 is 0 Å². The number of nitrogens with one attached hydrogen (secondary N) is 1. The summed E-state index contributed by atoms with van der Waals surface area (Å²) in [5.41, 5.74) is 0.907. The highest BCUT2D eigenvalue weighted by Gasteiger charge is 2.36. The molecular weight excluding hydrogens is 284 g/mol. The zero-order chi connectivity index (χ0) is 14.9. The first-order valence-electron chi connectivity index (χ1n) is 7.92. The van der Waals surface area contributed by atoms with Crippen LogP contribution in [0.15, 0.2) is 29.2 Å². The second kappa shape index (κ2) is 5.97. The van der Waals surface area contributed by atoms with Crippen LogP contribution >= 0.6 is 0 Å². The molecule has 4 nitrogen and oxygen atoms in total. The Kier molecular flexibility index (Phi) is 4.22. The molecule has 116 valence electrons. The quantitative estimate of drug-likeness (QED) is 0.925. The summed E-state index contributed by atoms with van der Waals surface area (Å²) in [6, 6.07) is 7.97. The summed E-state index contributed by atoms with van der Waals surface area (Å²) in [7, 11) is -3.18. The lowest BCUT2D eigenvalue weighted by atomic mass is 9.91. The molecule has 0 aliphatic carbocycles. The van der Waals surface area contributed by atoms with Crippen LogP contribution in [0.25, 0.3) is 0 Å². The van der Waals surface area contributed by atoms with Crippen LogP contribution < -0.4 is 10.2 Å². The smallest absolute Gasteiger partial charge is 0.180 e. The van der Waals surface area contributed by atoms with E-state index in [4.69, 9.17) is 0 Å². The molecule has 2 aliphatic rings. The van der Waals surface area contributed by atoms with Crippen LogP contribution in [0.4, 0.5) is 5.69 Å². The van der Waals surface area contributed by atoms with Crippen molar-refractivity contribution < 1.29 is 8.42 Å². The fourth-order valence-corrected chi connectivity index (χ4v) is 5.25. The molecule has 0 aromatic heterocycles. The molecule has 2 saturated heterocycles. The van der Waals surface area contributed by atoms with Crippen LogP contribution in [0, 0.1) is 5.92 Å². The number of anilines is 1. The average molecular weight is 308 g/mol. The highest BCUT2D eigenvalue weighted by Crippen LogP contribution is 2.34. The Hall–Kier alpha value is -1.07. The van der Waals surface area contributed by atoms with Gasteiger partial charge in [0.05, 0.1) is 16.3 Å². The standard InChI is InChI=1S/C16H24N2O2S/c1-2-10-21(19,20)16-8-4-3-7-14(16)18-9-5-6-13-11-17-12-15(13)18/h3-4,7-8,13,15,17H,2,5-6,9-12H2,1H3. The normalized spacial score (nSPS) is 25.9. The number of para-hydroxylation sites is 1. The molecule has 5 heteroatoms. The van der Waals surface area contributed by atoms with Gasteiger partial charge in [-0.3, -0.25) is 0 Å². The Bertz CT molecular complexity index is 600. The van der Waals surface area contributed by atoms with Crippen molar-refractivity contribution in [2.75, 3.05) is 30.3 Å². The molecule has 2 atom stereocenters. The maximum Gasteiger partial charge on any atom is 0.180 e. The van der Waals surface area contributed by atoms with Gasteiger partial charge in [0.25, 0.3) is 0 Å². The number of hydrogen-bond acceptors (Lipinski definition) is 4. The highest BCUT2D eigenvalue weighted by molar-refractivity contribution is 7.91. The lowest BCUT2D eigenvalue weighted by Crippen LogP contribution is -2.45. The van der Waals surface area contributed by atoms with Crippen molar-refractivity contribution >= 4 is 15.5 Å². The van der Waals surface area contributed by atoms with E-state index in [0.717, 1.165) is 31.7 Å². The van der Waals surface area contributed by atoms with Gasteiger partial charge < -0.3 is 10.2 Å². The Labute approximate surface area is 127 Å². The summed E-state index contributed by atoms with van der Waals surface area (Å²) >= 11 is 0. The number of benzene rings is 1. The Morgan fingerprint density at radius 1 is 1.29 bits per heavy atom. The molecule has 21 heavy (non-hydrogen) atoms. The van der Waals surface area contributed by atoms with Gasteiger partial charge in [-0.2, -0.15) is 0 Å². The zero-order valence-electron chi connectivity index (χ0n) is 12.6. The number of sulfone groups is 1. The van der Waals surface area contributed by atoms with Crippen LogP contribution in [-0.2, 0) is 9.84 Å². The lowest BCUT2D eigenvalue weighted by molar-refractivity contribution is 0.384. The third kappa shape index (κ3) is 2.81. The number of fused-ring (bicyclic) bond motifs is 1. The molecule has 2 unspecified atom stereocenters. The van der Waals surface area contributed by atoms with Crippen molar-refractivity contribution in [3.63, 3.8) is 0 Å². The first-order valence-corrected chi connectivity index (χ1v) is 9.58. The maximum atomic E-state index is 12.5. The van der Waals surface area contributed by atoms with Crippen molar-refractivity contribution in [2.45, 2.75) is 37.1 Å². The fraction of sp³-hybridized carbons (Fsp3) is 0.625. The van der Waals surface area contributed by atoms with Crippen molar-refractivity contribution in [3.05, 3.63) is 24.3 Å². The summed E-state index contributed by atoms with van der Waals surface area (Å²) in [5, 5.41) is 3.46. The summed E-state index contributed by atoms with van der Waals surface area (Å²) in [6.07, 6.45) is 3.05. The van der Waals surface area contributed by atoms with Gasteiger partial charge in [-0.1, -0.05) is 19.1 Å². The minimum atomic E-state index is -3.18. The predicted octanol–water partition coefficient (Wildman–Crippen LogP) is 2.06. The average Bonchev–Trinajstić information content (AvgIpc) is 2.95. The molecule has 0 radical (unpaired) electrons. The first-order chi connectivity index (χ1) is 10.1. The summed E-state index contributed by atoms with van der Waals surface area (Å²) in [6.45, 7) is 4.90. The molecule has 0 amide bonds. The van der Waals surface area contributed by atoms with Crippen LogP contribution in [-0.4, -0.2) is 39.8 Å². The Morgan fingerprint density at radius 3 is 2.90 bits per heavy atom. The van der Waals surface area contributed by atoms with Gasteiger partial charge in [0, 0.05) is 25.7 Å². The molecule has 1 aromatic rings. The monoisotopic (exact) mass is 308 g/mol. The van der Waals surface area contributed by atoms with E-state index in [-0.39, 0.29) is 5.75 Å². The summed E-state index contributed by atoms with van der Waals surface area (Å²) in [5.74, 6) is 0.880. The van der Waals surface area contributed by atoms with E-state index in [1.165, 1.54) is 6.42 Å². The molecule has 2 fully saturated rings. The zero-order valence-corrected chi connectivity index (χ0v) is 13.4. The number of rotatable bonds is 4. The molecule has 2 aliphatic heterocycles. The molecule has 0 bridgehead atoms. The SMILES string of the molecule is CCCS(=O)(=O)c1ccccc1N1CCCC2CNCC21. The second-order valence-electron chi connectivity index (χ2n) is 6.11. The van der Waals surface area contributed by atoms with E-state index in [1.807, 2.05) is 25.1 Å². The van der Waals surface area contributed by atoms with E-state index in [2.05, 4.69) is 10.2 Å². The van der Waals surface area contributed by atoms with Gasteiger partial charge in [0.1, 0.15) is 0 Å². The molecule has 3 rings (SSSR count). The number of piperidine rings is 1. The maximum absolute atomic E-state index is 12.5. The number of hydrogen-bond donors (Lipinski definition) is 1. The van der Waals surface area contributed by atoms with Gasteiger partial charge in [-0.25, -0.2) is 8.42 Å². The largest absolute Gasteiger partial charge is 0.366 e. The van der Waals surface area contributed by atoms with Crippen LogP contribution in [0.1, 0.15) is 26.2 Å². The van der Waals surface area contributed by atoms with Crippen LogP contribution in [0.5, 0.6) is 0 Å². The minimum Gasteiger partial charge on any atom is -0.366 e. The van der Waals surface area contributed by atoms with Crippen molar-refractivity contribution in [1.82, 2.24) is 5.32 Å². The van der Waals surface area contributed by atoms with Gasteiger partial charge in [-0.15, -0.1) is 0 Å². The first kappa shape index (κ1) is 14.9. The Morgan fingerprint density at radius 2 is 2.10 bits per heavy atom. The second-order valence-corrected chi connectivity index (χ2v) is 8.19. The van der Waals surface area contributed by atoms with E-state index < -0.39 is 9.84 Å². The topological polar surface area (TPSA) is 49.4 Å². The summed E-state index contributed by atoms with van der Waals surface area (Å²) in [4.78, 5) is 2.84. The highest BCUT2D eigenvalue weighted by atomic mass is 32.2. The van der Waals surface area contributed by atoms with E-state index in [1.54, 1.807) is 6.07 Å². The van der Waals surface area contributed by atoms with Crippen molar-refractivity contribution in [1.29, 1.82) is 0 Å².